The molecule has 1 N–H and O–H groups in total. The Hall–Kier alpha value is -2.03. The van der Waals surface area contributed by atoms with Gasteiger partial charge in [-0.15, -0.1) is 0 Å². The maximum atomic E-state index is 11.5. The van der Waals surface area contributed by atoms with Gasteiger partial charge in [0.05, 0.1) is 12.4 Å². The van der Waals surface area contributed by atoms with E-state index in [2.05, 4.69) is 9.97 Å². The number of fused-ring (bicyclic) bond motifs is 1. The number of aryl methyl sites for hydroxylation is 1. The third-order valence-electron chi connectivity index (χ3n) is 1.96. The summed E-state index contributed by atoms with van der Waals surface area (Å²) in [6.45, 7) is 0.0412. The van der Waals surface area contributed by atoms with Gasteiger partial charge in [0.25, 0.3) is 5.56 Å². The number of H-pyrrole nitrogens is 1. The number of imidazole rings is 1. The monoisotopic (exact) mass is 177 g/mol. The van der Waals surface area contributed by atoms with Gasteiger partial charge in [-0.2, -0.15) is 5.26 Å². The number of aromatic nitrogens is 4. The van der Waals surface area contributed by atoms with Crippen LogP contribution in [-0.4, -0.2) is 19.3 Å². The molecule has 2 heterocycles. The van der Waals surface area contributed by atoms with Crippen LogP contribution in [0.1, 0.15) is 0 Å². The third-order valence-corrected chi connectivity index (χ3v) is 1.96. The Balaban J connectivity index is 2.84. The van der Waals surface area contributed by atoms with Crippen LogP contribution >= 0.6 is 0 Å². The summed E-state index contributed by atoms with van der Waals surface area (Å²) in [6, 6.07) is 1.92. The van der Waals surface area contributed by atoms with Gasteiger partial charge in [-0.3, -0.25) is 9.48 Å². The summed E-state index contributed by atoms with van der Waals surface area (Å²) in [5, 5.41) is 8.48. The van der Waals surface area contributed by atoms with E-state index in [4.69, 9.17) is 5.26 Å². The number of nitrogens with zero attached hydrogens (tertiary/aromatic N) is 4. The van der Waals surface area contributed by atoms with Crippen LogP contribution in [0.15, 0.2) is 11.1 Å². The van der Waals surface area contributed by atoms with Crippen molar-refractivity contribution in [2.75, 3.05) is 0 Å². The molecule has 0 atom stereocenters. The van der Waals surface area contributed by atoms with Crippen molar-refractivity contribution in [3.8, 4) is 6.07 Å². The maximum Gasteiger partial charge on any atom is 0.293 e. The molecule has 0 saturated carbocycles. The largest absolute Gasteiger partial charge is 0.339 e. The van der Waals surface area contributed by atoms with Gasteiger partial charge in [0.2, 0.25) is 0 Å². The zero-order chi connectivity index (χ0) is 9.42. The summed E-state index contributed by atoms with van der Waals surface area (Å²) in [5.41, 5.74) is 0.801. The summed E-state index contributed by atoms with van der Waals surface area (Å²) >= 11 is 0. The smallest absolute Gasteiger partial charge is 0.293 e. The average Bonchev–Trinajstić information content (AvgIpc) is 2.66. The third kappa shape index (κ3) is 0.871. The van der Waals surface area contributed by atoms with Crippen molar-refractivity contribution in [2.24, 2.45) is 7.05 Å². The Morgan fingerprint density at radius 2 is 2.54 bits per heavy atom. The van der Waals surface area contributed by atoms with Crippen LogP contribution in [0, 0.1) is 11.3 Å². The lowest BCUT2D eigenvalue weighted by atomic mass is 10.6. The number of rotatable bonds is 1. The molecule has 0 amide bonds. The highest BCUT2D eigenvalue weighted by atomic mass is 16.1. The molecule has 2 rings (SSSR count). The zero-order valence-corrected chi connectivity index (χ0v) is 6.98. The summed E-state index contributed by atoms with van der Waals surface area (Å²) in [4.78, 5) is 18.2. The minimum absolute atomic E-state index is 0.0412. The first kappa shape index (κ1) is 7.61. The molecule has 0 bridgehead atoms. The van der Waals surface area contributed by atoms with Crippen molar-refractivity contribution >= 4 is 11.2 Å². The van der Waals surface area contributed by atoms with E-state index in [1.54, 1.807) is 11.7 Å². The average molecular weight is 177 g/mol. The fourth-order valence-corrected chi connectivity index (χ4v) is 1.31. The molecule has 13 heavy (non-hydrogen) atoms. The van der Waals surface area contributed by atoms with Crippen molar-refractivity contribution in [2.45, 2.75) is 6.54 Å². The normalized spacial score (nSPS) is 10.5. The number of hydrogen-bond acceptors (Lipinski definition) is 3. The van der Waals surface area contributed by atoms with Crippen LogP contribution < -0.4 is 5.56 Å². The van der Waals surface area contributed by atoms with E-state index < -0.39 is 0 Å². The molecule has 0 fully saturated rings. The number of aromatic amines is 1. The first-order chi connectivity index (χ1) is 6.25. The lowest BCUT2D eigenvalue weighted by molar-refractivity contribution is 0.558. The van der Waals surface area contributed by atoms with Crippen LogP contribution in [0.2, 0.25) is 0 Å². The van der Waals surface area contributed by atoms with Crippen molar-refractivity contribution in [1.29, 1.82) is 5.26 Å². The topological polar surface area (TPSA) is 79.4 Å². The van der Waals surface area contributed by atoms with Gasteiger partial charge in [0.15, 0.2) is 11.2 Å². The highest BCUT2D eigenvalue weighted by Gasteiger charge is 2.11. The first-order valence-corrected chi connectivity index (χ1v) is 3.71. The van der Waals surface area contributed by atoms with Gasteiger partial charge in [-0.1, -0.05) is 0 Å². The van der Waals surface area contributed by atoms with E-state index in [1.807, 2.05) is 6.07 Å². The van der Waals surface area contributed by atoms with Crippen LogP contribution in [0.25, 0.3) is 11.2 Å². The van der Waals surface area contributed by atoms with Crippen molar-refractivity contribution in [3.63, 3.8) is 0 Å². The molecular formula is C7H7N5O. The number of nitrogens with one attached hydrogen (secondary N) is 1. The van der Waals surface area contributed by atoms with Crippen LogP contribution in [0.3, 0.4) is 0 Å². The molecule has 6 heteroatoms. The second kappa shape index (κ2) is 2.48. The van der Waals surface area contributed by atoms with Gasteiger partial charge in [-0.05, 0) is 0 Å². The minimum atomic E-state index is -0.212. The number of hydrogen-bond donors (Lipinski definition) is 1. The zero-order valence-electron chi connectivity index (χ0n) is 6.98. The molecule has 66 valence electrons. The Morgan fingerprint density at radius 1 is 1.77 bits per heavy atom. The fourth-order valence-electron chi connectivity index (χ4n) is 1.31. The Morgan fingerprint density at radius 3 is 3.15 bits per heavy atom. The molecule has 2 aromatic rings. The summed E-state index contributed by atoms with van der Waals surface area (Å²) in [7, 11) is 1.70. The van der Waals surface area contributed by atoms with Crippen LogP contribution in [-0.2, 0) is 13.6 Å². The summed E-state index contributed by atoms with van der Waals surface area (Å²) in [6.07, 6.45) is 1.46. The van der Waals surface area contributed by atoms with Crippen molar-refractivity contribution < 1.29 is 0 Å². The molecule has 6 nitrogen and oxygen atoms in total. The lowest BCUT2D eigenvalue weighted by Gasteiger charge is -1.99. The van der Waals surface area contributed by atoms with Gasteiger partial charge in [0.1, 0.15) is 6.54 Å². The minimum Gasteiger partial charge on any atom is -0.339 e. The molecule has 0 saturated heterocycles. The van der Waals surface area contributed by atoms with Gasteiger partial charge in [-0.25, -0.2) is 9.67 Å². The predicted molar refractivity (Wildman–Crippen MR) is 44.9 cm³/mol. The van der Waals surface area contributed by atoms with E-state index in [1.165, 1.54) is 11.0 Å². The molecule has 0 aliphatic heterocycles. The quantitative estimate of drug-likeness (QED) is 0.642. The van der Waals surface area contributed by atoms with Crippen LogP contribution in [0.4, 0.5) is 0 Å². The molecule has 0 spiro atoms. The van der Waals surface area contributed by atoms with E-state index in [0.29, 0.717) is 11.2 Å². The fraction of sp³-hybridized carbons (Fsp3) is 0.286. The predicted octanol–water partition coefficient (Wildman–Crippen LogP) is -0.413. The summed E-state index contributed by atoms with van der Waals surface area (Å²) < 4.78 is 2.89. The SMILES string of the molecule is Cn1c2nc[nH]c2c(=O)n1CC#N. The van der Waals surface area contributed by atoms with E-state index in [-0.39, 0.29) is 12.1 Å². The molecule has 0 unspecified atom stereocenters. The van der Waals surface area contributed by atoms with E-state index in [9.17, 15) is 4.79 Å². The van der Waals surface area contributed by atoms with Crippen LogP contribution in [0.5, 0.6) is 0 Å². The number of nitriles is 1. The maximum absolute atomic E-state index is 11.5. The lowest BCUT2D eigenvalue weighted by Crippen LogP contribution is -2.21. The Bertz CT molecular complexity index is 537. The molecule has 2 aromatic heterocycles. The molecule has 0 aliphatic rings. The van der Waals surface area contributed by atoms with Crippen molar-refractivity contribution in [1.82, 2.24) is 19.3 Å². The van der Waals surface area contributed by atoms with Gasteiger partial charge >= 0.3 is 0 Å². The van der Waals surface area contributed by atoms with Crippen molar-refractivity contribution in [3.05, 3.63) is 16.7 Å². The van der Waals surface area contributed by atoms with E-state index >= 15 is 0 Å². The van der Waals surface area contributed by atoms with Gasteiger partial charge in [0, 0.05) is 7.05 Å². The molecule has 0 aromatic carbocycles. The Labute approximate surface area is 73.0 Å². The molecule has 0 aliphatic carbocycles. The highest BCUT2D eigenvalue weighted by molar-refractivity contribution is 5.69. The first-order valence-electron chi connectivity index (χ1n) is 3.71. The molecule has 0 radical (unpaired) electrons. The Kier molecular flexibility index (Phi) is 1.45. The second-order valence-corrected chi connectivity index (χ2v) is 2.65. The molecular weight excluding hydrogens is 170 g/mol. The second-order valence-electron chi connectivity index (χ2n) is 2.65. The van der Waals surface area contributed by atoms with E-state index in [0.717, 1.165) is 0 Å². The van der Waals surface area contributed by atoms with Gasteiger partial charge < -0.3 is 4.98 Å². The summed E-state index contributed by atoms with van der Waals surface area (Å²) in [5.74, 6) is 0. The highest BCUT2D eigenvalue weighted by Crippen LogP contribution is 2.02. The standard InChI is InChI=1S/C7H7N5O/c1-11-6-5(9-4-10-6)7(13)12(11)3-2-8/h4H,3H2,1H3,(H,9,10).